The van der Waals surface area contributed by atoms with Gasteiger partial charge in [-0.05, 0) is 17.7 Å². The highest BCUT2D eigenvalue weighted by Gasteiger charge is 2.37. The van der Waals surface area contributed by atoms with Gasteiger partial charge in [0.15, 0.2) is 0 Å². The van der Waals surface area contributed by atoms with Crippen LogP contribution in [0.25, 0.3) is 0 Å². The summed E-state index contributed by atoms with van der Waals surface area (Å²) in [5.74, 6) is -0.535. The molecule has 0 unspecified atom stereocenters. The van der Waals surface area contributed by atoms with E-state index in [9.17, 15) is 9.59 Å². The van der Waals surface area contributed by atoms with Crippen LogP contribution in [-0.2, 0) is 16.6 Å². The van der Waals surface area contributed by atoms with E-state index in [1.165, 1.54) is 0 Å². The van der Waals surface area contributed by atoms with Crippen LogP contribution in [0, 0.1) is 5.92 Å². The molecule has 2 aromatic rings. The van der Waals surface area contributed by atoms with Gasteiger partial charge in [-0.1, -0.05) is 18.2 Å². The predicted molar refractivity (Wildman–Crippen MR) is 94.9 cm³/mol. The van der Waals surface area contributed by atoms with Crippen LogP contribution in [0.2, 0.25) is 0 Å². The number of carbonyl (C=O) groups excluding carboxylic acids is 2. The number of nitrogens with two attached hydrogens (primary N) is 1. The van der Waals surface area contributed by atoms with Gasteiger partial charge in [0, 0.05) is 50.9 Å². The summed E-state index contributed by atoms with van der Waals surface area (Å²) in [7, 11) is 1.87. The quantitative estimate of drug-likeness (QED) is 0.806. The van der Waals surface area contributed by atoms with Gasteiger partial charge in [0.2, 0.25) is 11.8 Å². The molecule has 7 heteroatoms. The molecule has 1 aliphatic rings. The Hall–Kier alpha value is -2.67. The first-order chi connectivity index (χ1) is 12.1. The standard InChI is InChI=1S/C18H23N5O2/c1-22-12-13(9-21-22)15-10-20-11-16(15)18(25)23(8-7-17(19)24)14-5-3-2-4-6-14/h2-6,9,12,15-16,20H,7-8,10-11H2,1H3,(H2,19,24)/t15-,16+/m1/s1. The third-order valence-corrected chi connectivity index (χ3v) is 4.60. The summed E-state index contributed by atoms with van der Waals surface area (Å²) in [6.07, 6.45) is 3.90. The average Bonchev–Trinajstić information content (AvgIpc) is 3.24. The summed E-state index contributed by atoms with van der Waals surface area (Å²) in [6, 6.07) is 9.41. The Balaban J connectivity index is 1.84. The third kappa shape index (κ3) is 3.88. The number of hydrogen-bond acceptors (Lipinski definition) is 4. The number of primary amides is 1. The van der Waals surface area contributed by atoms with Crippen molar-refractivity contribution in [3.63, 3.8) is 0 Å². The van der Waals surface area contributed by atoms with Crippen molar-refractivity contribution in [2.45, 2.75) is 12.3 Å². The second kappa shape index (κ2) is 7.48. The van der Waals surface area contributed by atoms with Gasteiger partial charge in [0.1, 0.15) is 0 Å². The van der Waals surface area contributed by atoms with Crippen LogP contribution in [0.5, 0.6) is 0 Å². The number of nitrogens with one attached hydrogen (secondary N) is 1. The zero-order valence-electron chi connectivity index (χ0n) is 14.3. The average molecular weight is 341 g/mol. The fourth-order valence-electron chi connectivity index (χ4n) is 3.32. The van der Waals surface area contributed by atoms with Crippen LogP contribution < -0.4 is 16.0 Å². The van der Waals surface area contributed by atoms with E-state index >= 15 is 0 Å². The van der Waals surface area contributed by atoms with Gasteiger partial charge in [0.25, 0.3) is 0 Å². The van der Waals surface area contributed by atoms with Gasteiger partial charge in [-0.2, -0.15) is 5.10 Å². The van der Waals surface area contributed by atoms with Crippen molar-refractivity contribution in [3.05, 3.63) is 48.3 Å². The van der Waals surface area contributed by atoms with E-state index in [-0.39, 0.29) is 30.7 Å². The fourth-order valence-corrected chi connectivity index (χ4v) is 3.32. The number of para-hydroxylation sites is 1. The Morgan fingerprint density at radius 2 is 2.08 bits per heavy atom. The Morgan fingerprint density at radius 1 is 1.32 bits per heavy atom. The first kappa shape index (κ1) is 17.2. The Kier molecular flexibility index (Phi) is 5.14. The van der Waals surface area contributed by atoms with Crippen LogP contribution in [0.4, 0.5) is 5.69 Å². The Labute approximate surface area is 146 Å². The van der Waals surface area contributed by atoms with Gasteiger partial charge >= 0.3 is 0 Å². The predicted octanol–water partition coefficient (Wildman–Crippen LogP) is 0.632. The molecule has 2 heterocycles. The molecule has 0 saturated carbocycles. The summed E-state index contributed by atoms with van der Waals surface area (Å²) >= 11 is 0. The number of carbonyl (C=O) groups is 2. The maximum atomic E-state index is 13.3. The zero-order chi connectivity index (χ0) is 17.8. The summed E-state index contributed by atoms with van der Waals surface area (Å²) < 4.78 is 1.75. The molecule has 3 rings (SSSR count). The molecule has 2 atom stereocenters. The molecular weight excluding hydrogens is 318 g/mol. The second-order valence-corrected chi connectivity index (χ2v) is 6.36. The number of nitrogens with zero attached hydrogens (tertiary/aromatic N) is 3. The number of amides is 2. The number of aromatic nitrogens is 2. The lowest BCUT2D eigenvalue weighted by Crippen LogP contribution is -2.40. The molecule has 1 saturated heterocycles. The maximum Gasteiger partial charge on any atom is 0.232 e. The van der Waals surface area contributed by atoms with Gasteiger partial charge in [-0.3, -0.25) is 14.3 Å². The Bertz CT molecular complexity index is 743. The third-order valence-electron chi connectivity index (χ3n) is 4.60. The largest absolute Gasteiger partial charge is 0.370 e. The highest BCUT2D eigenvalue weighted by molar-refractivity contribution is 5.96. The molecule has 1 aromatic heterocycles. The van der Waals surface area contributed by atoms with Crippen molar-refractivity contribution >= 4 is 17.5 Å². The van der Waals surface area contributed by atoms with Crippen molar-refractivity contribution in [2.24, 2.45) is 18.7 Å². The lowest BCUT2D eigenvalue weighted by atomic mass is 9.89. The minimum atomic E-state index is -0.415. The molecule has 0 aliphatic carbocycles. The second-order valence-electron chi connectivity index (χ2n) is 6.36. The molecule has 0 radical (unpaired) electrons. The molecular formula is C18H23N5O2. The topological polar surface area (TPSA) is 93.3 Å². The van der Waals surface area contributed by atoms with E-state index in [1.807, 2.05) is 49.8 Å². The summed E-state index contributed by atoms with van der Waals surface area (Å²) in [5, 5.41) is 7.53. The van der Waals surface area contributed by atoms with Crippen molar-refractivity contribution in [3.8, 4) is 0 Å². The van der Waals surface area contributed by atoms with E-state index in [4.69, 9.17) is 5.73 Å². The zero-order valence-corrected chi connectivity index (χ0v) is 14.3. The molecule has 1 aromatic carbocycles. The molecule has 0 spiro atoms. The van der Waals surface area contributed by atoms with Crippen LogP contribution in [0.15, 0.2) is 42.7 Å². The highest BCUT2D eigenvalue weighted by atomic mass is 16.2. The van der Waals surface area contributed by atoms with Gasteiger partial charge < -0.3 is 16.0 Å². The molecule has 3 N–H and O–H groups in total. The number of anilines is 1. The van der Waals surface area contributed by atoms with E-state index in [0.29, 0.717) is 6.54 Å². The van der Waals surface area contributed by atoms with Crippen LogP contribution in [0.1, 0.15) is 17.9 Å². The smallest absolute Gasteiger partial charge is 0.232 e. The molecule has 1 fully saturated rings. The van der Waals surface area contributed by atoms with E-state index < -0.39 is 5.91 Å². The number of aryl methyl sites for hydroxylation is 1. The Morgan fingerprint density at radius 3 is 2.72 bits per heavy atom. The normalized spacial score (nSPS) is 19.7. The van der Waals surface area contributed by atoms with Crippen LogP contribution in [0.3, 0.4) is 0 Å². The van der Waals surface area contributed by atoms with Crippen molar-refractivity contribution < 1.29 is 9.59 Å². The fraction of sp³-hybridized carbons (Fsp3) is 0.389. The van der Waals surface area contributed by atoms with Crippen molar-refractivity contribution in [2.75, 3.05) is 24.5 Å². The first-order valence-electron chi connectivity index (χ1n) is 8.40. The molecule has 2 amide bonds. The summed E-state index contributed by atoms with van der Waals surface area (Å²) in [6.45, 7) is 1.63. The molecule has 25 heavy (non-hydrogen) atoms. The molecule has 1 aliphatic heterocycles. The lowest BCUT2D eigenvalue weighted by molar-refractivity contribution is -0.122. The minimum absolute atomic E-state index is 0.00584. The highest BCUT2D eigenvalue weighted by Crippen LogP contribution is 2.30. The van der Waals surface area contributed by atoms with Gasteiger partial charge in [-0.25, -0.2) is 0 Å². The monoisotopic (exact) mass is 341 g/mol. The number of hydrogen-bond donors (Lipinski definition) is 2. The maximum absolute atomic E-state index is 13.3. The van der Waals surface area contributed by atoms with E-state index in [2.05, 4.69) is 10.4 Å². The van der Waals surface area contributed by atoms with Crippen LogP contribution >= 0.6 is 0 Å². The first-order valence-corrected chi connectivity index (χ1v) is 8.40. The molecule has 132 valence electrons. The SMILES string of the molecule is Cn1cc([C@H]2CNC[C@@H]2C(=O)N(CCC(N)=O)c2ccccc2)cn1. The van der Waals surface area contributed by atoms with E-state index in [1.54, 1.807) is 9.58 Å². The number of benzene rings is 1. The molecule has 7 nitrogen and oxygen atoms in total. The van der Waals surface area contributed by atoms with Crippen molar-refractivity contribution in [1.29, 1.82) is 0 Å². The lowest BCUT2D eigenvalue weighted by Gasteiger charge is -2.27. The van der Waals surface area contributed by atoms with Crippen molar-refractivity contribution in [1.82, 2.24) is 15.1 Å². The number of rotatable bonds is 6. The van der Waals surface area contributed by atoms with E-state index in [0.717, 1.165) is 17.8 Å². The summed E-state index contributed by atoms with van der Waals surface area (Å²) in [4.78, 5) is 26.2. The summed E-state index contributed by atoms with van der Waals surface area (Å²) in [5.41, 5.74) is 7.13. The van der Waals surface area contributed by atoms with Gasteiger partial charge in [0.05, 0.1) is 12.1 Å². The minimum Gasteiger partial charge on any atom is -0.370 e. The van der Waals surface area contributed by atoms with Crippen LogP contribution in [-0.4, -0.2) is 41.2 Å². The molecule has 0 bridgehead atoms. The van der Waals surface area contributed by atoms with Gasteiger partial charge in [-0.15, -0.1) is 0 Å².